The summed E-state index contributed by atoms with van der Waals surface area (Å²) >= 11 is 0. The fraction of sp³-hybridized carbons (Fsp3) is 0.705. The molecule has 0 spiro atoms. The molecule has 0 rings (SSSR count). The second-order valence-electron chi connectivity index (χ2n) is 13.8. The second kappa shape index (κ2) is 39.6. The number of nitrogens with two attached hydrogens (primary N) is 1. The number of phosphoric acid groups is 1. The van der Waals surface area contributed by atoms with Crippen LogP contribution in [0.3, 0.4) is 0 Å². The zero-order chi connectivity index (χ0) is 38.9. The molecule has 0 bridgehead atoms. The van der Waals surface area contributed by atoms with Gasteiger partial charge in [0.2, 0.25) is 5.91 Å². The minimum atomic E-state index is -4.37. The number of aliphatic hydroxyl groups is 1. The van der Waals surface area contributed by atoms with Crippen LogP contribution in [0.1, 0.15) is 168 Å². The zero-order valence-electron chi connectivity index (χ0n) is 33.7. The molecule has 0 aromatic rings. The van der Waals surface area contributed by atoms with E-state index < -0.39 is 26.6 Å². The van der Waals surface area contributed by atoms with Crippen LogP contribution in [0.15, 0.2) is 72.9 Å². The summed E-state index contributed by atoms with van der Waals surface area (Å²) in [7, 11) is -4.37. The molecule has 0 saturated heterocycles. The molecule has 0 saturated carbocycles. The normalized spacial score (nSPS) is 14.9. The van der Waals surface area contributed by atoms with Gasteiger partial charge >= 0.3 is 7.82 Å². The van der Waals surface area contributed by atoms with Crippen molar-refractivity contribution in [2.75, 3.05) is 19.8 Å². The largest absolute Gasteiger partial charge is 0.472 e. The first-order chi connectivity index (χ1) is 25.9. The topological polar surface area (TPSA) is 131 Å². The number of rotatable bonds is 38. The Labute approximate surface area is 325 Å². The molecule has 8 nitrogen and oxygen atoms in total. The van der Waals surface area contributed by atoms with Crippen molar-refractivity contribution in [3.63, 3.8) is 0 Å². The Hall–Kier alpha value is -2.06. The lowest BCUT2D eigenvalue weighted by Gasteiger charge is -2.23. The summed E-state index contributed by atoms with van der Waals surface area (Å²) in [5, 5.41) is 13.6. The lowest BCUT2D eigenvalue weighted by atomic mass is 10.0. The number of phosphoric ester groups is 1. The van der Waals surface area contributed by atoms with Crippen LogP contribution in [-0.2, 0) is 18.4 Å². The van der Waals surface area contributed by atoms with E-state index in [1.807, 2.05) is 18.2 Å². The van der Waals surface area contributed by atoms with Gasteiger partial charge in [-0.1, -0.05) is 177 Å². The van der Waals surface area contributed by atoms with E-state index in [2.05, 4.69) is 67.8 Å². The van der Waals surface area contributed by atoms with E-state index in [1.54, 1.807) is 6.08 Å². The first kappa shape index (κ1) is 50.9. The minimum absolute atomic E-state index is 0.0602. The highest BCUT2D eigenvalue weighted by atomic mass is 31.2. The van der Waals surface area contributed by atoms with Gasteiger partial charge in [0.25, 0.3) is 0 Å². The molecule has 3 atom stereocenters. The predicted octanol–water partition coefficient (Wildman–Crippen LogP) is 11.7. The van der Waals surface area contributed by atoms with Crippen LogP contribution in [0.4, 0.5) is 0 Å². The van der Waals surface area contributed by atoms with Gasteiger partial charge in [-0.05, 0) is 57.8 Å². The van der Waals surface area contributed by atoms with E-state index in [0.717, 1.165) is 44.9 Å². The van der Waals surface area contributed by atoms with Crippen LogP contribution >= 0.6 is 7.82 Å². The summed E-state index contributed by atoms with van der Waals surface area (Å²) in [6.07, 6.45) is 51.2. The summed E-state index contributed by atoms with van der Waals surface area (Å²) in [5.41, 5.74) is 5.36. The molecular weight excluding hydrogens is 683 g/mol. The number of carbonyl (C=O) groups excluding carboxylic acids is 1. The second-order valence-corrected chi connectivity index (χ2v) is 15.3. The lowest BCUT2D eigenvalue weighted by molar-refractivity contribution is -0.122. The predicted molar refractivity (Wildman–Crippen MR) is 226 cm³/mol. The number of carbonyl (C=O) groups is 1. The molecule has 5 N–H and O–H groups in total. The highest BCUT2D eigenvalue weighted by Gasteiger charge is 2.26. The third-order valence-electron chi connectivity index (χ3n) is 8.78. The number of allylic oxidation sites excluding steroid dienone is 11. The maximum atomic E-state index is 12.7. The molecule has 0 radical (unpaired) electrons. The molecule has 53 heavy (non-hydrogen) atoms. The molecular formula is C44H79N2O6P. The van der Waals surface area contributed by atoms with Crippen molar-refractivity contribution in [1.29, 1.82) is 0 Å². The minimum Gasteiger partial charge on any atom is -0.387 e. The Morgan fingerprint density at radius 2 is 1.11 bits per heavy atom. The number of hydrogen-bond donors (Lipinski definition) is 4. The smallest absolute Gasteiger partial charge is 0.387 e. The van der Waals surface area contributed by atoms with Gasteiger partial charge < -0.3 is 21.1 Å². The zero-order valence-corrected chi connectivity index (χ0v) is 34.6. The van der Waals surface area contributed by atoms with Crippen LogP contribution < -0.4 is 11.1 Å². The highest BCUT2D eigenvalue weighted by molar-refractivity contribution is 7.47. The maximum Gasteiger partial charge on any atom is 0.472 e. The van der Waals surface area contributed by atoms with Crippen LogP contribution in [0, 0.1) is 0 Å². The first-order valence-electron chi connectivity index (χ1n) is 21.1. The molecule has 3 unspecified atom stereocenters. The molecule has 0 heterocycles. The van der Waals surface area contributed by atoms with Crippen LogP contribution in [0.5, 0.6) is 0 Å². The number of unbranched alkanes of at least 4 members (excludes halogenated alkanes) is 16. The SMILES string of the molecule is CC/C=C\C/C=C\C/C=C\C/C=C\CCC(=O)NC(COP(=O)(O)OCCN)C(O)/C=C/CC/C=C/CCCCCCCCCCCCCCCCC. The van der Waals surface area contributed by atoms with E-state index in [0.29, 0.717) is 6.42 Å². The Bertz CT molecular complexity index is 1050. The van der Waals surface area contributed by atoms with Crippen molar-refractivity contribution in [1.82, 2.24) is 5.32 Å². The summed E-state index contributed by atoms with van der Waals surface area (Å²) in [6, 6.07) is -0.918. The van der Waals surface area contributed by atoms with Gasteiger partial charge in [-0.3, -0.25) is 13.8 Å². The molecule has 1 amide bonds. The van der Waals surface area contributed by atoms with E-state index in [9.17, 15) is 19.4 Å². The summed E-state index contributed by atoms with van der Waals surface area (Å²) in [6.45, 7) is 3.93. The average Bonchev–Trinajstić information content (AvgIpc) is 3.14. The highest BCUT2D eigenvalue weighted by Crippen LogP contribution is 2.43. The first-order valence-corrected chi connectivity index (χ1v) is 22.6. The third kappa shape index (κ3) is 38.0. The quantitative estimate of drug-likeness (QED) is 0.0280. The fourth-order valence-electron chi connectivity index (χ4n) is 5.63. The Balaban J connectivity index is 4.34. The van der Waals surface area contributed by atoms with Gasteiger partial charge in [0, 0.05) is 13.0 Å². The van der Waals surface area contributed by atoms with E-state index in [4.69, 9.17) is 14.8 Å². The molecule has 9 heteroatoms. The number of amides is 1. The van der Waals surface area contributed by atoms with Gasteiger partial charge in [0.15, 0.2) is 0 Å². The van der Waals surface area contributed by atoms with Gasteiger partial charge in [0.05, 0.1) is 25.4 Å². The molecule has 0 aliphatic carbocycles. The maximum absolute atomic E-state index is 12.7. The number of aliphatic hydroxyl groups excluding tert-OH is 1. The van der Waals surface area contributed by atoms with Gasteiger partial charge in [-0.15, -0.1) is 0 Å². The summed E-state index contributed by atoms with van der Waals surface area (Å²) in [4.78, 5) is 22.6. The van der Waals surface area contributed by atoms with E-state index in [1.165, 1.54) is 96.3 Å². The van der Waals surface area contributed by atoms with Crippen molar-refractivity contribution < 1.29 is 28.4 Å². The fourth-order valence-corrected chi connectivity index (χ4v) is 6.39. The van der Waals surface area contributed by atoms with Crippen molar-refractivity contribution in [2.45, 2.75) is 180 Å². The molecule has 306 valence electrons. The summed E-state index contributed by atoms with van der Waals surface area (Å²) < 4.78 is 22.0. The standard InChI is InChI=1S/C44H79N2O6P/c1-3-5-7-9-11-13-15-17-18-19-20-21-22-23-24-26-27-29-31-33-35-37-43(47)42(41-52-53(49,50)51-40-39-45)46-44(48)38-36-34-32-30-28-25-16-14-12-10-8-6-4-2/h6,8,12,14,25,27-29,32,34-35,37,42-43,47H,3-5,7,9-11,13,15-24,26,30-31,33,36,38-41,45H2,1-2H3,(H,46,48)(H,49,50)/b8-6-,14-12-,28-25-,29-27+,34-32-,37-35+. The van der Waals surface area contributed by atoms with Gasteiger partial charge in [0.1, 0.15) is 0 Å². The van der Waals surface area contributed by atoms with Crippen molar-refractivity contribution in [3.05, 3.63) is 72.9 Å². The van der Waals surface area contributed by atoms with Crippen LogP contribution in [-0.4, -0.2) is 47.8 Å². The molecule has 0 aliphatic heterocycles. The molecule has 0 aromatic heterocycles. The Morgan fingerprint density at radius 3 is 1.66 bits per heavy atom. The molecule has 0 aliphatic rings. The van der Waals surface area contributed by atoms with Gasteiger partial charge in [-0.25, -0.2) is 4.57 Å². The monoisotopic (exact) mass is 763 g/mol. The molecule has 0 aromatic carbocycles. The van der Waals surface area contributed by atoms with E-state index in [-0.39, 0.29) is 25.5 Å². The lowest BCUT2D eigenvalue weighted by Crippen LogP contribution is -2.45. The molecule has 0 fully saturated rings. The third-order valence-corrected chi connectivity index (χ3v) is 9.76. The Kier molecular flexibility index (Phi) is 38.1. The van der Waals surface area contributed by atoms with E-state index >= 15 is 0 Å². The Morgan fingerprint density at radius 1 is 0.642 bits per heavy atom. The van der Waals surface area contributed by atoms with Gasteiger partial charge in [-0.2, -0.15) is 0 Å². The van der Waals surface area contributed by atoms with Crippen molar-refractivity contribution in [2.24, 2.45) is 5.73 Å². The summed E-state index contributed by atoms with van der Waals surface area (Å²) in [5.74, 6) is -0.286. The number of hydrogen-bond acceptors (Lipinski definition) is 6. The van der Waals surface area contributed by atoms with Crippen molar-refractivity contribution >= 4 is 13.7 Å². The van der Waals surface area contributed by atoms with Crippen molar-refractivity contribution in [3.8, 4) is 0 Å². The van der Waals surface area contributed by atoms with Crippen LogP contribution in [0.2, 0.25) is 0 Å². The number of nitrogens with one attached hydrogen (secondary N) is 1. The van der Waals surface area contributed by atoms with Crippen LogP contribution in [0.25, 0.3) is 0 Å². The average molecular weight is 763 g/mol.